The first kappa shape index (κ1) is 25.0. The van der Waals surface area contributed by atoms with Crippen molar-refractivity contribution in [2.75, 3.05) is 52.7 Å². The molecule has 4 aliphatic rings. The van der Waals surface area contributed by atoms with Crippen molar-refractivity contribution in [3.8, 4) is 34.5 Å². The maximum absolute atomic E-state index is 13.7. The summed E-state index contributed by atoms with van der Waals surface area (Å²) in [5.41, 5.74) is 2.15. The number of benzene rings is 5. The molecule has 10 heteroatoms. The van der Waals surface area contributed by atoms with E-state index in [-0.39, 0.29) is 41.0 Å². The Morgan fingerprint density at radius 1 is 0.655 bits per heavy atom. The molecule has 0 saturated carbocycles. The van der Waals surface area contributed by atoms with Crippen LogP contribution < -0.4 is 33.7 Å². The molecule has 0 aromatic heterocycles. The normalized spacial score (nSPS) is 28.8. The molecule has 9 rings (SSSR count). The van der Waals surface area contributed by atoms with E-state index in [0.717, 1.165) is 5.56 Å². The average molecular weight is 761 g/mol. The predicted octanol–water partition coefficient (Wildman–Crippen LogP) is 8.57. The van der Waals surface area contributed by atoms with Crippen LogP contribution in [-0.2, 0) is 6.54 Å². The molecule has 2 saturated heterocycles. The lowest BCUT2D eigenvalue weighted by atomic mass is 9.80. The van der Waals surface area contributed by atoms with E-state index in [1.165, 1.54) is 72.8 Å². The molecule has 0 amide bonds. The molecule has 4 heterocycles. The molecular weight excluding hydrogens is 702 g/mol. The van der Waals surface area contributed by atoms with Crippen LogP contribution in [0.25, 0.3) is 0 Å². The Balaban J connectivity index is 0.000000186. The van der Waals surface area contributed by atoms with Crippen LogP contribution in [0.2, 0.25) is 0 Å². The van der Waals surface area contributed by atoms with Gasteiger partial charge in [-0.25, -0.2) is 8.78 Å². The molecule has 4 atom stereocenters. The van der Waals surface area contributed by atoms with Gasteiger partial charge in [-0.15, -0.1) is 0 Å². The summed E-state index contributed by atoms with van der Waals surface area (Å²) in [7, 11) is 0. The zero-order valence-corrected chi connectivity index (χ0v) is 29.5. The molecule has 0 aliphatic carbocycles. The minimum atomic E-state index is -2.51. The third kappa shape index (κ3) is 9.32. The van der Waals surface area contributed by atoms with Crippen molar-refractivity contribution in [1.82, 2.24) is 10.2 Å². The summed E-state index contributed by atoms with van der Waals surface area (Å²) in [5, 5.41) is 2.71. The zero-order chi connectivity index (χ0) is 48.2. The summed E-state index contributed by atoms with van der Waals surface area (Å²) in [6, 6.07) is 29.0. The van der Waals surface area contributed by atoms with E-state index in [9.17, 15) is 8.78 Å². The third-order valence-corrected chi connectivity index (χ3v) is 9.53. The molecule has 5 aromatic rings. The molecule has 4 aliphatic heterocycles. The lowest BCUT2D eigenvalue weighted by Crippen LogP contribution is -2.41. The second kappa shape index (κ2) is 17.4. The second-order valence-corrected chi connectivity index (χ2v) is 13.2. The fraction of sp³-hybridized carbons (Fsp3) is 0.333. The highest BCUT2D eigenvalue weighted by Gasteiger charge is 2.32. The standard InChI is InChI=1S/C26H26FNO3.C19H20FNO3/c27-22-8-6-20(7-9-22)24-12-13-28(15-19-4-2-1-3-5-19)16-21(24)17-29-23-10-11-25-26(14-23)31-18-30-25;20-15-3-1-13(2-4-15)17-7-8-21-10-14(17)11-22-16-5-6-18-19(9-16)24-12-23-18/h1-11,14,21,24H,12-13,15-18H2;1-6,9,14,17,21H,7-8,10-12H2/t21-,24-;14-,17-/m11/s1/i16D2,17D2,18D2;10D2,11D2,12D2. The molecule has 2 fully saturated rings. The first-order valence-corrected chi connectivity index (χ1v) is 17.9. The van der Waals surface area contributed by atoms with Gasteiger partial charge in [0.05, 0.1) is 18.6 Å². The van der Waals surface area contributed by atoms with Crippen molar-refractivity contribution >= 4 is 0 Å². The van der Waals surface area contributed by atoms with Gasteiger partial charge in [-0.1, -0.05) is 54.6 Å². The van der Waals surface area contributed by atoms with Crippen LogP contribution in [0.3, 0.4) is 0 Å². The van der Waals surface area contributed by atoms with Gasteiger partial charge >= 0.3 is 0 Å². The first-order valence-electron chi connectivity index (χ1n) is 23.9. The third-order valence-electron chi connectivity index (χ3n) is 9.53. The Bertz CT molecular complexity index is 2550. The van der Waals surface area contributed by atoms with Gasteiger partial charge in [0.1, 0.15) is 28.6 Å². The van der Waals surface area contributed by atoms with Crippen molar-refractivity contribution in [2.24, 2.45) is 11.8 Å². The van der Waals surface area contributed by atoms with E-state index in [1.54, 1.807) is 17.0 Å². The lowest BCUT2D eigenvalue weighted by molar-refractivity contribution is 0.106. The zero-order valence-electron chi connectivity index (χ0n) is 41.5. The quantitative estimate of drug-likeness (QED) is 0.152. The van der Waals surface area contributed by atoms with Gasteiger partial charge < -0.3 is 33.7 Å². The molecular formula is C45H46F2N2O6. The highest BCUT2D eigenvalue weighted by Crippen LogP contribution is 2.39. The maximum Gasteiger partial charge on any atom is 0.231 e. The molecule has 55 heavy (non-hydrogen) atoms. The maximum atomic E-state index is 13.7. The van der Waals surface area contributed by atoms with E-state index < -0.39 is 74.9 Å². The van der Waals surface area contributed by atoms with E-state index >= 15 is 0 Å². The van der Waals surface area contributed by atoms with Gasteiger partial charge in [0.15, 0.2) is 23.0 Å². The topological polar surface area (TPSA) is 70.7 Å². The molecule has 5 aromatic carbocycles. The van der Waals surface area contributed by atoms with Crippen LogP contribution in [0.4, 0.5) is 8.78 Å². The number of piperidine rings is 2. The summed E-state index contributed by atoms with van der Waals surface area (Å²) in [6.07, 6.45) is 0.882. The Morgan fingerprint density at radius 3 is 1.80 bits per heavy atom. The van der Waals surface area contributed by atoms with Gasteiger partial charge in [-0.2, -0.15) is 0 Å². The van der Waals surface area contributed by atoms with E-state index in [1.807, 2.05) is 30.3 Å². The highest BCUT2D eigenvalue weighted by molar-refractivity contribution is 5.47. The van der Waals surface area contributed by atoms with Crippen molar-refractivity contribution in [3.05, 3.63) is 144 Å². The van der Waals surface area contributed by atoms with Gasteiger partial charge in [0, 0.05) is 49.0 Å². The van der Waals surface area contributed by atoms with Gasteiger partial charge in [0.25, 0.3) is 0 Å². The first-order chi connectivity index (χ1) is 31.4. The Hall–Kier alpha value is -5.32. The second-order valence-electron chi connectivity index (χ2n) is 13.2. The highest BCUT2D eigenvalue weighted by atomic mass is 19.1. The molecule has 0 radical (unpaired) electrons. The van der Waals surface area contributed by atoms with Gasteiger partial charge in [-0.3, -0.25) is 4.90 Å². The van der Waals surface area contributed by atoms with Gasteiger partial charge in [0.2, 0.25) is 13.5 Å². The monoisotopic (exact) mass is 760 g/mol. The molecule has 0 spiro atoms. The van der Waals surface area contributed by atoms with Crippen LogP contribution in [0.5, 0.6) is 34.5 Å². The number of halogens is 2. The lowest BCUT2D eigenvalue weighted by Gasteiger charge is -2.39. The predicted molar refractivity (Wildman–Crippen MR) is 205 cm³/mol. The van der Waals surface area contributed by atoms with E-state index in [0.29, 0.717) is 37.1 Å². The Labute approximate surface area is 337 Å². The molecule has 0 bridgehead atoms. The van der Waals surface area contributed by atoms with Crippen LogP contribution in [0.15, 0.2) is 115 Å². The molecule has 0 unspecified atom stereocenters. The summed E-state index contributed by atoms with van der Waals surface area (Å²) in [4.78, 5) is 1.61. The molecule has 1 N–H and O–H groups in total. The fourth-order valence-electron chi connectivity index (χ4n) is 6.69. The molecule has 8 nitrogen and oxygen atoms in total. The average Bonchev–Trinajstić information content (AvgIpc) is 3.73. The van der Waals surface area contributed by atoms with Crippen LogP contribution in [0, 0.1) is 23.5 Å². The van der Waals surface area contributed by atoms with Crippen LogP contribution in [-0.4, -0.2) is 57.6 Å². The SMILES string of the molecule is [2H]C1([2H])Oc2ccc(OC([2H])([2H])[C@@H]3[C@@H](c4ccc(F)cc4)CCN(Cc4ccccc4)C3([2H])[2H])cc2O1.[2H]C1([2H])Oc2ccc(OC([2H])([2H])[C@@H]3[C@@H](c4ccc(F)cc4)CCNC3([2H])[2H])cc2O1. The van der Waals surface area contributed by atoms with Crippen molar-refractivity contribution in [3.63, 3.8) is 0 Å². The number of hydrogen-bond acceptors (Lipinski definition) is 8. The minimum Gasteiger partial charge on any atom is -0.493 e. The Kier molecular flexibility index (Phi) is 7.91. The number of rotatable bonds is 10. The van der Waals surface area contributed by atoms with Crippen molar-refractivity contribution < 1.29 is 53.7 Å². The van der Waals surface area contributed by atoms with E-state index in [4.69, 9.17) is 44.9 Å². The van der Waals surface area contributed by atoms with Crippen molar-refractivity contribution in [1.29, 1.82) is 0 Å². The van der Waals surface area contributed by atoms with Crippen LogP contribution in [0.1, 0.15) is 57.8 Å². The number of nitrogens with one attached hydrogen (secondary N) is 1. The Morgan fingerprint density at radius 2 is 1.20 bits per heavy atom. The van der Waals surface area contributed by atoms with Gasteiger partial charge in [-0.05, 0) is 103 Å². The smallest absolute Gasteiger partial charge is 0.231 e. The summed E-state index contributed by atoms with van der Waals surface area (Å²) < 4.78 is 159. The summed E-state index contributed by atoms with van der Waals surface area (Å²) in [5.74, 6) is -4.02. The largest absolute Gasteiger partial charge is 0.493 e. The number of nitrogens with zero attached hydrogens (tertiary/aromatic N) is 1. The van der Waals surface area contributed by atoms with Crippen LogP contribution >= 0.6 is 0 Å². The van der Waals surface area contributed by atoms with Crippen molar-refractivity contribution in [2.45, 2.75) is 31.2 Å². The minimum absolute atomic E-state index is 0.0406. The molecule has 286 valence electrons. The number of ether oxygens (including phenoxy) is 6. The number of fused-ring (bicyclic) bond motifs is 2. The summed E-state index contributed by atoms with van der Waals surface area (Å²) >= 11 is 0. The number of hydrogen-bond donors (Lipinski definition) is 1. The van der Waals surface area contributed by atoms with E-state index in [2.05, 4.69) is 5.32 Å². The number of likely N-dealkylation sites (tertiary alicyclic amines) is 1. The fourth-order valence-corrected chi connectivity index (χ4v) is 6.69. The summed E-state index contributed by atoms with van der Waals surface area (Å²) in [6.45, 7) is -12.9.